The molecule has 1 saturated carbocycles. The second-order valence-corrected chi connectivity index (χ2v) is 6.38. The zero-order valence-corrected chi connectivity index (χ0v) is 14.7. The molecule has 2 aromatic carbocycles. The third-order valence-electron chi connectivity index (χ3n) is 4.78. The molecule has 1 aliphatic rings. The molecule has 1 aliphatic carbocycles. The van der Waals surface area contributed by atoms with Crippen LogP contribution in [-0.4, -0.2) is 9.55 Å². The molecule has 25 heavy (non-hydrogen) atoms. The normalized spacial score (nSPS) is 18.4. The Kier molecular flexibility index (Phi) is 4.64. The summed E-state index contributed by atoms with van der Waals surface area (Å²) in [6, 6.07) is 20.6. The van der Waals surface area contributed by atoms with Crippen molar-refractivity contribution in [2.45, 2.75) is 18.3 Å². The molecule has 3 aromatic rings. The Hall–Kier alpha value is -2.59. The number of hydrogen-bond donors (Lipinski definition) is 1. The van der Waals surface area contributed by atoms with Gasteiger partial charge in [0.05, 0.1) is 5.69 Å². The first-order valence-corrected chi connectivity index (χ1v) is 8.12. The van der Waals surface area contributed by atoms with Gasteiger partial charge in [-0.2, -0.15) is 0 Å². The van der Waals surface area contributed by atoms with E-state index in [0.29, 0.717) is 5.92 Å². The number of benzene rings is 2. The molecule has 1 heterocycles. The average Bonchev–Trinajstić information content (AvgIpc) is 3.41. The number of nitrogens with zero attached hydrogens (tertiary/aromatic N) is 2. The lowest BCUT2D eigenvalue weighted by molar-refractivity contribution is 0.813. The molecule has 128 valence electrons. The van der Waals surface area contributed by atoms with E-state index in [4.69, 9.17) is 5.73 Å². The number of halogens is 1. The van der Waals surface area contributed by atoms with Crippen LogP contribution in [0.3, 0.4) is 0 Å². The van der Waals surface area contributed by atoms with E-state index in [-0.39, 0.29) is 29.8 Å². The molecule has 2 N–H and O–H groups in total. The van der Waals surface area contributed by atoms with Gasteiger partial charge >= 0.3 is 0 Å². The van der Waals surface area contributed by atoms with Crippen molar-refractivity contribution in [3.8, 4) is 11.1 Å². The summed E-state index contributed by atoms with van der Waals surface area (Å²) >= 11 is 0. The summed E-state index contributed by atoms with van der Waals surface area (Å²) in [7, 11) is 1.64. The van der Waals surface area contributed by atoms with E-state index in [1.54, 1.807) is 13.1 Å². The minimum Gasteiger partial charge on any atom is -0.369 e. The lowest BCUT2D eigenvalue weighted by Gasteiger charge is -2.07. The minimum atomic E-state index is -0.0961. The third kappa shape index (κ3) is 3.30. The second-order valence-electron chi connectivity index (χ2n) is 6.38. The first-order valence-electron chi connectivity index (χ1n) is 8.12. The molecule has 0 amide bonds. The molecule has 4 rings (SSSR count). The van der Waals surface area contributed by atoms with Crippen LogP contribution in [0.5, 0.6) is 0 Å². The van der Waals surface area contributed by atoms with Crippen molar-refractivity contribution >= 4 is 18.4 Å². The summed E-state index contributed by atoms with van der Waals surface area (Å²) in [6.07, 6.45) is 1.01. The Bertz CT molecular complexity index is 953. The Morgan fingerprint density at radius 1 is 1.00 bits per heavy atom. The largest absolute Gasteiger partial charge is 0.369 e. The van der Waals surface area contributed by atoms with Gasteiger partial charge in [0.2, 0.25) is 5.95 Å². The predicted octanol–water partition coefficient (Wildman–Crippen LogP) is 3.72. The Labute approximate surface area is 152 Å². The molecule has 0 saturated heterocycles. The number of anilines is 1. The molecular weight excluding hydrogens is 334 g/mol. The predicted molar refractivity (Wildman–Crippen MR) is 103 cm³/mol. The number of hydrogen-bond acceptors (Lipinski definition) is 3. The van der Waals surface area contributed by atoms with Gasteiger partial charge in [-0.05, 0) is 29.0 Å². The van der Waals surface area contributed by atoms with Gasteiger partial charge in [0.25, 0.3) is 5.56 Å². The highest BCUT2D eigenvalue weighted by Crippen LogP contribution is 2.54. The lowest BCUT2D eigenvalue weighted by atomic mass is 10.00. The van der Waals surface area contributed by atoms with Crippen molar-refractivity contribution in [2.24, 2.45) is 7.05 Å². The smallest absolute Gasteiger partial charge is 0.254 e. The summed E-state index contributed by atoms with van der Waals surface area (Å²) < 4.78 is 1.37. The van der Waals surface area contributed by atoms with Crippen LogP contribution in [0.25, 0.3) is 11.1 Å². The first-order chi connectivity index (χ1) is 11.6. The van der Waals surface area contributed by atoms with Crippen molar-refractivity contribution in [2.75, 3.05) is 5.73 Å². The van der Waals surface area contributed by atoms with Crippen LogP contribution in [0.1, 0.15) is 29.5 Å². The summed E-state index contributed by atoms with van der Waals surface area (Å²) in [4.78, 5) is 16.3. The van der Waals surface area contributed by atoms with Crippen LogP contribution in [-0.2, 0) is 7.05 Å². The Balaban J connectivity index is 0.00000182. The van der Waals surface area contributed by atoms with Crippen molar-refractivity contribution in [1.29, 1.82) is 0 Å². The fraction of sp³-hybridized carbons (Fsp3) is 0.200. The number of nitrogens with two attached hydrogens (primary N) is 1. The maximum Gasteiger partial charge on any atom is 0.254 e. The summed E-state index contributed by atoms with van der Waals surface area (Å²) in [5, 5.41) is 0. The summed E-state index contributed by atoms with van der Waals surface area (Å²) in [5.74, 6) is 0.973. The molecule has 1 fully saturated rings. The number of nitrogen functional groups attached to an aromatic ring is 1. The highest BCUT2D eigenvalue weighted by atomic mass is 35.5. The van der Waals surface area contributed by atoms with Gasteiger partial charge in [0.15, 0.2) is 0 Å². The second kappa shape index (κ2) is 6.73. The van der Waals surface area contributed by atoms with E-state index < -0.39 is 0 Å². The van der Waals surface area contributed by atoms with Gasteiger partial charge in [-0.25, -0.2) is 4.98 Å². The Morgan fingerprint density at radius 2 is 1.72 bits per heavy atom. The standard InChI is InChI=1S/C20H19N3O.ClH/c1-23-19(24)12-18(22-20(23)21)17-11-16(17)15-9-5-8-14(10-15)13-6-3-2-4-7-13;/h2-10,12,16-17H,11H2,1H3,(H2,21,22);1H/t16-,17-;/m0./s1. The molecule has 0 radical (unpaired) electrons. The van der Waals surface area contributed by atoms with Crippen LogP contribution in [0.15, 0.2) is 65.5 Å². The summed E-state index contributed by atoms with van der Waals surface area (Å²) in [5.41, 5.74) is 10.3. The molecular formula is C20H20ClN3O. The lowest BCUT2D eigenvalue weighted by Crippen LogP contribution is -2.21. The van der Waals surface area contributed by atoms with Crippen molar-refractivity contribution < 1.29 is 0 Å². The SMILES string of the molecule is Cl.Cn1c(N)nc([C@H]2C[C@H]2c2cccc(-c3ccccc3)c2)cc1=O. The molecule has 0 aliphatic heterocycles. The fourth-order valence-corrected chi connectivity index (χ4v) is 3.24. The zero-order chi connectivity index (χ0) is 16.7. The molecule has 2 atom stereocenters. The quantitative estimate of drug-likeness (QED) is 0.780. The molecule has 5 heteroatoms. The van der Waals surface area contributed by atoms with Crippen LogP contribution in [0.2, 0.25) is 0 Å². The minimum absolute atomic E-state index is 0. The van der Waals surface area contributed by atoms with E-state index in [0.717, 1.165) is 12.1 Å². The molecule has 4 nitrogen and oxygen atoms in total. The van der Waals surface area contributed by atoms with E-state index in [1.807, 2.05) is 18.2 Å². The third-order valence-corrected chi connectivity index (χ3v) is 4.78. The zero-order valence-electron chi connectivity index (χ0n) is 13.9. The fourth-order valence-electron chi connectivity index (χ4n) is 3.24. The van der Waals surface area contributed by atoms with Crippen LogP contribution >= 0.6 is 12.4 Å². The van der Waals surface area contributed by atoms with E-state index in [2.05, 4.69) is 41.4 Å². The molecule has 0 bridgehead atoms. The Morgan fingerprint density at radius 3 is 2.44 bits per heavy atom. The van der Waals surface area contributed by atoms with E-state index >= 15 is 0 Å². The highest BCUT2D eigenvalue weighted by molar-refractivity contribution is 5.85. The maximum absolute atomic E-state index is 11.9. The van der Waals surface area contributed by atoms with Crippen LogP contribution in [0, 0.1) is 0 Å². The topological polar surface area (TPSA) is 60.9 Å². The van der Waals surface area contributed by atoms with Crippen molar-refractivity contribution in [1.82, 2.24) is 9.55 Å². The van der Waals surface area contributed by atoms with Gasteiger partial charge < -0.3 is 5.73 Å². The van der Waals surface area contributed by atoms with Gasteiger partial charge in [-0.1, -0.05) is 54.6 Å². The van der Waals surface area contributed by atoms with Crippen molar-refractivity contribution in [3.63, 3.8) is 0 Å². The summed E-state index contributed by atoms with van der Waals surface area (Å²) in [6.45, 7) is 0. The molecule has 0 unspecified atom stereocenters. The number of aromatic nitrogens is 2. The van der Waals surface area contributed by atoms with E-state index in [9.17, 15) is 4.79 Å². The first kappa shape index (κ1) is 17.2. The molecule has 1 aromatic heterocycles. The van der Waals surface area contributed by atoms with E-state index in [1.165, 1.54) is 21.3 Å². The van der Waals surface area contributed by atoms with Crippen molar-refractivity contribution in [3.05, 3.63) is 82.3 Å². The number of rotatable bonds is 3. The average molecular weight is 354 g/mol. The van der Waals surface area contributed by atoms with Gasteiger partial charge in [-0.3, -0.25) is 9.36 Å². The maximum atomic E-state index is 11.9. The monoisotopic (exact) mass is 353 g/mol. The van der Waals surface area contributed by atoms with Crippen LogP contribution < -0.4 is 11.3 Å². The van der Waals surface area contributed by atoms with Gasteiger partial charge in [0, 0.05) is 19.0 Å². The van der Waals surface area contributed by atoms with Gasteiger partial charge in [-0.15, -0.1) is 12.4 Å². The van der Waals surface area contributed by atoms with Gasteiger partial charge in [0.1, 0.15) is 0 Å². The highest BCUT2D eigenvalue weighted by Gasteiger charge is 2.41. The molecule has 0 spiro atoms. The van der Waals surface area contributed by atoms with Crippen LogP contribution in [0.4, 0.5) is 5.95 Å².